The van der Waals surface area contributed by atoms with Gasteiger partial charge in [-0.25, -0.2) is 0 Å². The van der Waals surface area contributed by atoms with Gasteiger partial charge in [-0.1, -0.05) is 29.8 Å². The van der Waals surface area contributed by atoms with Crippen LogP contribution >= 0.6 is 11.6 Å². The lowest BCUT2D eigenvalue weighted by atomic mass is 9.87. The van der Waals surface area contributed by atoms with Gasteiger partial charge in [-0.15, -0.1) is 0 Å². The van der Waals surface area contributed by atoms with E-state index in [-0.39, 0.29) is 5.56 Å². The van der Waals surface area contributed by atoms with Crippen molar-refractivity contribution in [3.05, 3.63) is 69.7 Å². The summed E-state index contributed by atoms with van der Waals surface area (Å²) in [7, 11) is 0. The standard InChI is InChI=1S/C20H22ClNO7/c21-14-6-5-13(20(28)18(26)17(25)16(24)15(9-23)29-20)8-12(14)7-10-1-3-11(4-2-10)19(22)27/h1-6,8,15-18,23-26,28H,7,9H2,(H2,22,27)/t15-,16-,17+,18-,20-/m1/s1. The first-order chi connectivity index (χ1) is 13.7. The maximum absolute atomic E-state index is 11.2. The Morgan fingerprint density at radius 3 is 2.34 bits per heavy atom. The highest BCUT2D eigenvalue weighted by molar-refractivity contribution is 6.31. The first kappa shape index (κ1) is 21.7. The summed E-state index contributed by atoms with van der Waals surface area (Å²) in [6, 6.07) is 11.0. The minimum atomic E-state index is -2.36. The molecule has 9 heteroatoms. The molecule has 1 aliphatic heterocycles. The van der Waals surface area contributed by atoms with Crippen molar-refractivity contribution >= 4 is 17.5 Å². The molecule has 2 aromatic rings. The maximum atomic E-state index is 11.2. The molecule has 7 N–H and O–H groups in total. The molecule has 1 amide bonds. The van der Waals surface area contributed by atoms with Crippen LogP contribution in [0.4, 0.5) is 0 Å². The molecular weight excluding hydrogens is 402 g/mol. The van der Waals surface area contributed by atoms with Crippen LogP contribution < -0.4 is 5.73 Å². The molecule has 0 spiro atoms. The summed E-state index contributed by atoms with van der Waals surface area (Å²) >= 11 is 6.27. The van der Waals surface area contributed by atoms with Gasteiger partial charge in [0.25, 0.3) is 0 Å². The maximum Gasteiger partial charge on any atom is 0.248 e. The van der Waals surface area contributed by atoms with Gasteiger partial charge in [-0.3, -0.25) is 4.79 Å². The summed E-state index contributed by atoms with van der Waals surface area (Å²) in [5, 5.41) is 50.9. The minimum Gasteiger partial charge on any atom is -0.394 e. The van der Waals surface area contributed by atoms with Crippen molar-refractivity contribution in [3.63, 3.8) is 0 Å². The normalized spacial score (nSPS) is 29.6. The number of benzene rings is 2. The molecule has 29 heavy (non-hydrogen) atoms. The van der Waals surface area contributed by atoms with Gasteiger partial charge in [0.1, 0.15) is 24.4 Å². The molecule has 1 heterocycles. The third-order valence-corrected chi connectivity index (χ3v) is 5.43. The molecule has 1 aliphatic rings. The van der Waals surface area contributed by atoms with Gasteiger partial charge in [-0.2, -0.15) is 0 Å². The molecule has 0 radical (unpaired) electrons. The minimum absolute atomic E-state index is 0.0996. The van der Waals surface area contributed by atoms with E-state index in [0.717, 1.165) is 5.56 Å². The summed E-state index contributed by atoms with van der Waals surface area (Å²) in [5.41, 5.74) is 7.10. The zero-order valence-electron chi connectivity index (χ0n) is 15.3. The summed E-state index contributed by atoms with van der Waals surface area (Å²) in [6.07, 6.45) is -6.10. The van der Waals surface area contributed by atoms with Gasteiger partial charge in [0.2, 0.25) is 11.7 Å². The van der Waals surface area contributed by atoms with Gasteiger partial charge in [0.05, 0.1) is 6.61 Å². The molecular formula is C20H22ClNO7. The Bertz CT molecular complexity index is 889. The van der Waals surface area contributed by atoms with E-state index in [9.17, 15) is 30.3 Å². The molecule has 0 aromatic heterocycles. The van der Waals surface area contributed by atoms with E-state index in [4.69, 9.17) is 22.1 Å². The number of nitrogens with two attached hydrogens (primary N) is 1. The molecule has 156 valence electrons. The second-order valence-electron chi connectivity index (χ2n) is 7.01. The predicted molar refractivity (Wildman–Crippen MR) is 103 cm³/mol. The number of hydrogen-bond donors (Lipinski definition) is 6. The van der Waals surface area contributed by atoms with E-state index in [1.165, 1.54) is 18.2 Å². The Kier molecular flexibility index (Phi) is 6.25. The third-order valence-electron chi connectivity index (χ3n) is 5.06. The summed E-state index contributed by atoms with van der Waals surface area (Å²) in [6.45, 7) is -0.667. The van der Waals surface area contributed by atoms with Crippen LogP contribution in [-0.4, -0.2) is 62.5 Å². The highest BCUT2D eigenvalue weighted by Crippen LogP contribution is 2.37. The van der Waals surface area contributed by atoms with E-state index in [1.54, 1.807) is 24.3 Å². The van der Waals surface area contributed by atoms with Crippen molar-refractivity contribution < 1.29 is 35.1 Å². The number of halogens is 1. The Hall–Kier alpha value is -2.04. The number of rotatable bonds is 5. The molecule has 8 nitrogen and oxygen atoms in total. The van der Waals surface area contributed by atoms with E-state index in [2.05, 4.69) is 0 Å². The van der Waals surface area contributed by atoms with Crippen LogP contribution in [-0.2, 0) is 16.9 Å². The SMILES string of the molecule is NC(=O)c1ccc(Cc2cc([C@@]3(O)O[C@H](CO)[C@@H](O)[C@H](O)[C@H]3O)ccc2Cl)cc1. The lowest BCUT2D eigenvalue weighted by Gasteiger charge is -2.45. The number of ether oxygens (including phenoxy) is 1. The van der Waals surface area contributed by atoms with Crippen LogP contribution in [0.5, 0.6) is 0 Å². The monoisotopic (exact) mass is 423 g/mol. The lowest BCUT2D eigenvalue weighted by molar-refractivity contribution is -0.357. The zero-order valence-corrected chi connectivity index (χ0v) is 16.0. The first-order valence-corrected chi connectivity index (χ1v) is 9.28. The third kappa shape index (κ3) is 4.15. The van der Waals surface area contributed by atoms with E-state index in [0.29, 0.717) is 22.6 Å². The molecule has 0 bridgehead atoms. The zero-order chi connectivity index (χ0) is 21.3. The molecule has 0 saturated carbocycles. The quantitative estimate of drug-likeness (QED) is 0.384. The number of aliphatic hydroxyl groups excluding tert-OH is 4. The highest BCUT2D eigenvalue weighted by atomic mass is 35.5. The molecule has 0 aliphatic carbocycles. The Balaban J connectivity index is 1.92. The van der Waals surface area contributed by atoms with Crippen molar-refractivity contribution in [2.75, 3.05) is 6.61 Å². The second kappa shape index (κ2) is 8.37. The van der Waals surface area contributed by atoms with Crippen LogP contribution in [0.15, 0.2) is 42.5 Å². The van der Waals surface area contributed by atoms with Crippen molar-refractivity contribution in [2.45, 2.75) is 36.6 Å². The highest BCUT2D eigenvalue weighted by Gasteiger charge is 2.53. The number of carbonyl (C=O) groups is 1. The van der Waals surface area contributed by atoms with Crippen LogP contribution in [0.1, 0.15) is 27.0 Å². The lowest BCUT2D eigenvalue weighted by Crippen LogP contribution is -2.63. The van der Waals surface area contributed by atoms with Crippen molar-refractivity contribution in [2.24, 2.45) is 5.73 Å². The van der Waals surface area contributed by atoms with E-state index < -0.39 is 42.7 Å². The molecule has 2 aromatic carbocycles. The van der Waals surface area contributed by atoms with Gasteiger partial charge >= 0.3 is 0 Å². The molecule has 0 unspecified atom stereocenters. The number of carbonyl (C=O) groups excluding carboxylic acids is 1. The summed E-state index contributed by atoms with van der Waals surface area (Å²) < 4.78 is 5.34. The van der Waals surface area contributed by atoms with Gasteiger partial charge in [0, 0.05) is 16.1 Å². The van der Waals surface area contributed by atoms with E-state index in [1.807, 2.05) is 0 Å². The number of amides is 1. The average Bonchev–Trinajstić information content (AvgIpc) is 2.71. The Morgan fingerprint density at radius 1 is 1.10 bits per heavy atom. The summed E-state index contributed by atoms with van der Waals surface area (Å²) in [4.78, 5) is 11.2. The summed E-state index contributed by atoms with van der Waals surface area (Å²) in [5.74, 6) is -2.90. The fraction of sp³-hybridized carbons (Fsp3) is 0.350. The Labute approximate surface area is 171 Å². The fourth-order valence-corrected chi connectivity index (χ4v) is 3.52. The van der Waals surface area contributed by atoms with Gasteiger partial charge in [-0.05, 0) is 41.8 Å². The van der Waals surface area contributed by atoms with Gasteiger partial charge in [0.15, 0.2) is 0 Å². The van der Waals surface area contributed by atoms with Gasteiger partial charge < -0.3 is 36.0 Å². The smallest absolute Gasteiger partial charge is 0.248 e. The number of primary amides is 1. The number of hydrogen-bond acceptors (Lipinski definition) is 7. The Morgan fingerprint density at radius 2 is 1.76 bits per heavy atom. The first-order valence-electron chi connectivity index (χ1n) is 8.90. The van der Waals surface area contributed by atoms with Crippen molar-refractivity contribution in [1.82, 2.24) is 0 Å². The fourth-order valence-electron chi connectivity index (χ4n) is 3.33. The predicted octanol–water partition coefficient (Wildman–Crippen LogP) is -0.351. The largest absolute Gasteiger partial charge is 0.394 e. The second-order valence-corrected chi connectivity index (χ2v) is 7.41. The molecule has 5 atom stereocenters. The molecule has 1 fully saturated rings. The van der Waals surface area contributed by atoms with Crippen molar-refractivity contribution in [3.8, 4) is 0 Å². The molecule has 3 rings (SSSR count). The van der Waals surface area contributed by atoms with E-state index >= 15 is 0 Å². The van der Waals surface area contributed by atoms with Crippen molar-refractivity contribution in [1.29, 1.82) is 0 Å². The van der Waals surface area contributed by atoms with Crippen LogP contribution in [0.25, 0.3) is 0 Å². The topological polar surface area (TPSA) is 153 Å². The number of aliphatic hydroxyl groups is 5. The molecule has 1 saturated heterocycles. The van der Waals surface area contributed by atoms with Crippen LogP contribution in [0.3, 0.4) is 0 Å². The average molecular weight is 424 g/mol. The van der Waals surface area contributed by atoms with Crippen LogP contribution in [0, 0.1) is 0 Å². The van der Waals surface area contributed by atoms with Crippen LogP contribution in [0.2, 0.25) is 5.02 Å².